The Balaban J connectivity index is 1.86. The summed E-state index contributed by atoms with van der Waals surface area (Å²) in [4.78, 5) is 25.6. The molecule has 4 rings (SSSR count). The third-order valence-electron chi connectivity index (χ3n) is 5.57. The van der Waals surface area contributed by atoms with E-state index in [-0.39, 0.29) is 11.7 Å². The van der Waals surface area contributed by atoms with Gasteiger partial charge >= 0.3 is 5.97 Å². The van der Waals surface area contributed by atoms with Crippen molar-refractivity contribution >= 4 is 11.8 Å². The van der Waals surface area contributed by atoms with Gasteiger partial charge in [0.2, 0.25) is 0 Å². The van der Waals surface area contributed by atoms with Gasteiger partial charge in [-0.3, -0.25) is 4.79 Å². The molecule has 1 spiro atoms. The van der Waals surface area contributed by atoms with Gasteiger partial charge in [-0.05, 0) is 36.6 Å². The molecule has 2 aliphatic rings. The van der Waals surface area contributed by atoms with Gasteiger partial charge in [0, 0.05) is 17.9 Å². The first-order valence-electron chi connectivity index (χ1n) is 8.69. The minimum atomic E-state index is -0.953. The van der Waals surface area contributed by atoms with Crippen molar-refractivity contribution in [3.05, 3.63) is 69.8 Å². The molecule has 132 valence electrons. The zero-order chi connectivity index (χ0) is 18.5. The van der Waals surface area contributed by atoms with E-state index in [0.717, 1.165) is 27.8 Å². The summed E-state index contributed by atoms with van der Waals surface area (Å²) in [5, 5.41) is 8.69. The van der Waals surface area contributed by atoms with Crippen LogP contribution in [-0.2, 0) is 11.2 Å². The van der Waals surface area contributed by atoms with E-state index in [1.807, 2.05) is 44.2 Å². The van der Waals surface area contributed by atoms with E-state index in [0.29, 0.717) is 18.5 Å². The van der Waals surface area contributed by atoms with Crippen LogP contribution in [0.25, 0.3) is 0 Å². The Labute approximate surface area is 152 Å². The Morgan fingerprint density at radius 3 is 2.77 bits per heavy atom. The molecule has 0 aromatic heterocycles. The lowest BCUT2D eigenvalue weighted by Gasteiger charge is -2.27. The molecule has 0 saturated heterocycles. The average molecular weight is 348 g/mol. The Morgan fingerprint density at radius 2 is 2.04 bits per heavy atom. The summed E-state index contributed by atoms with van der Waals surface area (Å²) >= 11 is 0. The van der Waals surface area contributed by atoms with Crippen molar-refractivity contribution in [2.45, 2.75) is 31.7 Å². The maximum Gasteiger partial charge on any atom is 0.338 e. The molecule has 2 aromatic carbocycles. The van der Waals surface area contributed by atoms with Crippen LogP contribution >= 0.6 is 0 Å². The standard InChI is InChI=1S/C21H20N2O3/c1-12-7-8-15(20(25)26-3)16(9-12)18-11-22-23-21(18)10-17-13(2)5-4-6-14(17)19(21)24/h4-9,18H,10-11H2,1-3H3. The van der Waals surface area contributed by atoms with Crippen LogP contribution in [0.3, 0.4) is 0 Å². The molecule has 0 N–H and O–H groups in total. The molecule has 0 amide bonds. The Bertz CT molecular complexity index is 964. The number of ketones is 1. The highest BCUT2D eigenvalue weighted by molar-refractivity contribution is 6.09. The molecule has 26 heavy (non-hydrogen) atoms. The normalized spacial score (nSPS) is 23.5. The van der Waals surface area contributed by atoms with E-state index >= 15 is 0 Å². The van der Waals surface area contributed by atoms with Crippen molar-refractivity contribution in [2.24, 2.45) is 10.2 Å². The van der Waals surface area contributed by atoms with E-state index in [2.05, 4.69) is 10.2 Å². The van der Waals surface area contributed by atoms with Crippen molar-refractivity contribution in [2.75, 3.05) is 13.7 Å². The molecule has 2 atom stereocenters. The number of benzene rings is 2. The maximum absolute atomic E-state index is 13.3. The molecule has 1 aliphatic heterocycles. The van der Waals surface area contributed by atoms with Gasteiger partial charge in [0.1, 0.15) is 0 Å². The van der Waals surface area contributed by atoms with E-state index in [1.54, 1.807) is 6.07 Å². The predicted molar refractivity (Wildman–Crippen MR) is 96.9 cm³/mol. The Morgan fingerprint density at radius 1 is 1.23 bits per heavy atom. The molecule has 0 saturated carbocycles. The highest BCUT2D eigenvalue weighted by Crippen LogP contribution is 2.48. The highest BCUT2D eigenvalue weighted by atomic mass is 16.5. The molecular formula is C21H20N2O3. The lowest BCUT2D eigenvalue weighted by molar-refractivity contribution is 0.0597. The molecule has 2 unspecified atom stereocenters. The Hall–Kier alpha value is -2.82. The van der Waals surface area contributed by atoms with E-state index in [4.69, 9.17) is 4.74 Å². The van der Waals surface area contributed by atoms with Crippen LogP contribution in [0.15, 0.2) is 46.6 Å². The monoisotopic (exact) mass is 348 g/mol. The smallest absolute Gasteiger partial charge is 0.338 e. The second-order valence-corrected chi connectivity index (χ2v) is 7.09. The molecule has 0 fully saturated rings. The number of azo groups is 1. The number of fused-ring (bicyclic) bond motifs is 1. The van der Waals surface area contributed by atoms with Gasteiger partial charge in [0.05, 0.1) is 19.2 Å². The third kappa shape index (κ3) is 2.23. The molecule has 1 aliphatic carbocycles. The van der Waals surface area contributed by atoms with Crippen molar-refractivity contribution in [1.82, 2.24) is 0 Å². The summed E-state index contributed by atoms with van der Waals surface area (Å²) < 4.78 is 4.95. The first-order valence-corrected chi connectivity index (χ1v) is 8.69. The Kier molecular flexibility index (Phi) is 3.75. The zero-order valence-corrected chi connectivity index (χ0v) is 15.1. The van der Waals surface area contributed by atoms with Crippen LogP contribution < -0.4 is 0 Å². The van der Waals surface area contributed by atoms with Gasteiger partial charge in [-0.15, -0.1) is 0 Å². The van der Waals surface area contributed by atoms with Crippen LogP contribution in [0.2, 0.25) is 0 Å². The van der Waals surface area contributed by atoms with Gasteiger partial charge in [0.15, 0.2) is 11.3 Å². The highest BCUT2D eigenvalue weighted by Gasteiger charge is 2.55. The fourth-order valence-electron chi connectivity index (χ4n) is 4.19. The molecule has 0 bridgehead atoms. The van der Waals surface area contributed by atoms with E-state index in [1.165, 1.54) is 7.11 Å². The predicted octanol–water partition coefficient (Wildman–Crippen LogP) is 3.82. The topological polar surface area (TPSA) is 68.1 Å². The van der Waals surface area contributed by atoms with Crippen molar-refractivity contribution in [3.63, 3.8) is 0 Å². The summed E-state index contributed by atoms with van der Waals surface area (Å²) in [7, 11) is 1.37. The molecule has 2 aromatic rings. The number of hydrogen-bond donors (Lipinski definition) is 0. The number of hydrogen-bond acceptors (Lipinski definition) is 5. The molecule has 1 heterocycles. The van der Waals surface area contributed by atoms with Crippen LogP contribution in [0.4, 0.5) is 0 Å². The average Bonchev–Trinajstić information content (AvgIpc) is 3.18. The minimum Gasteiger partial charge on any atom is -0.465 e. The first kappa shape index (κ1) is 16.6. The van der Waals surface area contributed by atoms with Crippen LogP contribution in [0.5, 0.6) is 0 Å². The molecular weight excluding hydrogens is 328 g/mol. The largest absolute Gasteiger partial charge is 0.465 e. The van der Waals surface area contributed by atoms with Gasteiger partial charge in [-0.25, -0.2) is 4.79 Å². The van der Waals surface area contributed by atoms with Crippen molar-refractivity contribution in [1.29, 1.82) is 0 Å². The van der Waals surface area contributed by atoms with Gasteiger partial charge < -0.3 is 4.74 Å². The number of carbonyl (C=O) groups is 2. The maximum atomic E-state index is 13.3. The number of esters is 1. The number of ether oxygens (including phenoxy) is 1. The molecule has 5 nitrogen and oxygen atoms in total. The number of aryl methyl sites for hydroxylation is 2. The number of nitrogens with zero attached hydrogens (tertiary/aromatic N) is 2. The fraction of sp³-hybridized carbons (Fsp3) is 0.333. The summed E-state index contributed by atoms with van der Waals surface area (Å²) in [5.74, 6) is -0.670. The summed E-state index contributed by atoms with van der Waals surface area (Å²) in [6, 6.07) is 11.4. The number of methoxy groups -OCH3 is 1. The quantitative estimate of drug-likeness (QED) is 0.775. The second kappa shape index (κ2) is 5.87. The summed E-state index contributed by atoms with van der Waals surface area (Å²) in [5.41, 5.74) is 4.19. The lowest BCUT2D eigenvalue weighted by atomic mass is 9.76. The van der Waals surface area contributed by atoms with Gasteiger partial charge in [-0.1, -0.05) is 35.9 Å². The number of Topliss-reactive ketones (excluding diaryl/α,β-unsaturated/α-hetero) is 1. The number of rotatable bonds is 2. The molecule has 0 radical (unpaired) electrons. The van der Waals surface area contributed by atoms with Gasteiger partial charge in [0.25, 0.3) is 0 Å². The summed E-state index contributed by atoms with van der Waals surface area (Å²) in [6.45, 7) is 4.38. The minimum absolute atomic E-state index is 0.000211. The summed E-state index contributed by atoms with van der Waals surface area (Å²) in [6.07, 6.45) is 0.524. The first-order chi connectivity index (χ1) is 12.5. The lowest BCUT2D eigenvalue weighted by Crippen LogP contribution is -2.39. The van der Waals surface area contributed by atoms with Crippen molar-refractivity contribution in [3.8, 4) is 0 Å². The third-order valence-corrected chi connectivity index (χ3v) is 5.57. The second-order valence-electron chi connectivity index (χ2n) is 7.09. The van der Waals surface area contributed by atoms with E-state index in [9.17, 15) is 9.59 Å². The van der Waals surface area contributed by atoms with Crippen LogP contribution in [-0.4, -0.2) is 30.9 Å². The zero-order valence-electron chi connectivity index (χ0n) is 15.1. The van der Waals surface area contributed by atoms with E-state index < -0.39 is 11.5 Å². The van der Waals surface area contributed by atoms with Crippen LogP contribution in [0, 0.1) is 13.8 Å². The molecule has 5 heteroatoms. The van der Waals surface area contributed by atoms with Gasteiger partial charge in [-0.2, -0.15) is 10.2 Å². The SMILES string of the molecule is COC(=O)c1ccc(C)cc1C1CN=NC12Cc1c(C)cccc1C2=O. The fourth-order valence-corrected chi connectivity index (χ4v) is 4.19. The van der Waals surface area contributed by atoms with Crippen LogP contribution in [0.1, 0.15) is 48.9 Å². The van der Waals surface area contributed by atoms with Crippen molar-refractivity contribution < 1.29 is 14.3 Å². The number of carbonyl (C=O) groups excluding carboxylic acids is 2.